The molecule has 0 bridgehead atoms. The number of hydrogen-bond acceptors (Lipinski definition) is 3. The zero-order valence-electron chi connectivity index (χ0n) is 13.2. The van der Waals surface area contributed by atoms with Crippen molar-refractivity contribution in [2.24, 2.45) is 11.8 Å². The van der Waals surface area contributed by atoms with E-state index >= 15 is 0 Å². The maximum atomic E-state index is 4.64. The minimum absolute atomic E-state index is 0.691. The summed E-state index contributed by atoms with van der Waals surface area (Å²) in [6, 6.07) is 4.26. The number of rotatable bonds is 7. The first kappa shape index (κ1) is 15.3. The second-order valence-corrected chi connectivity index (χ2v) is 6.40. The predicted molar refractivity (Wildman–Crippen MR) is 86.0 cm³/mol. The standard InChI is InChI=1S/C17H29N3/c1-4-6-15-8-10-20(13-15)17-16(7-5-9-19-17)12-18-11-14(2)3/h5,7,9,14-15,18H,4,6,8,10-13H2,1-3H3. The van der Waals surface area contributed by atoms with Gasteiger partial charge in [-0.05, 0) is 37.3 Å². The van der Waals surface area contributed by atoms with Crippen LogP contribution in [0, 0.1) is 11.8 Å². The number of anilines is 1. The first-order valence-corrected chi connectivity index (χ1v) is 8.10. The highest BCUT2D eigenvalue weighted by Gasteiger charge is 2.24. The molecular formula is C17H29N3. The fraction of sp³-hybridized carbons (Fsp3) is 0.706. The summed E-state index contributed by atoms with van der Waals surface area (Å²) in [5.41, 5.74) is 1.34. The third-order valence-corrected chi connectivity index (χ3v) is 4.02. The summed E-state index contributed by atoms with van der Waals surface area (Å²) in [7, 11) is 0. The molecule has 1 fully saturated rings. The number of nitrogens with zero attached hydrogens (tertiary/aromatic N) is 2. The SMILES string of the molecule is CCCC1CCN(c2ncccc2CNCC(C)C)C1. The van der Waals surface area contributed by atoms with Crippen LogP contribution in [0.2, 0.25) is 0 Å². The van der Waals surface area contributed by atoms with Crippen molar-refractivity contribution >= 4 is 5.82 Å². The Bertz CT molecular complexity index is 403. The van der Waals surface area contributed by atoms with Crippen LogP contribution in [0.3, 0.4) is 0 Å². The number of aromatic nitrogens is 1. The maximum Gasteiger partial charge on any atom is 0.133 e. The lowest BCUT2D eigenvalue weighted by Gasteiger charge is -2.21. The summed E-state index contributed by atoms with van der Waals surface area (Å²) < 4.78 is 0. The number of nitrogens with one attached hydrogen (secondary N) is 1. The van der Waals surface area contributed by atoms with E-state index in [0.29, 0.717) is 5.92 Å². The van der Waals surface area contributed by atoms with Crippen LogP contribution in [0.4, 0.5) is 5.82 Å². The molecule has 0 aromatic carbocycles. The maximum absolute atomic E-state index is 4.64. The normalized spacial score (nSPS) is 19.0. The molecule has 1 N–H and O–H groups in total. The zero-order chi connectivity index (χ0) is 14.4. The largest absolute Gasteiger partial charge is 0.356 e. The molecule has 112 valence electrons. The second-order valence-electron chi connectivity index (χ2n) is 6.40. The average molecular weight is 275 g/mol. The van der Waals surface area contributed by atoms with Crippen LogP contribution in [0.5, 0.6) is 0 Å². The fourth-order valence-corrected chi connectivity index (χ4v) is 3.02. The molecule has 1 saturated heterocycles. The highest BCUT2D eigenvalue weighted by molar-refractivity contribution is 5.47. The summed E-state index contributed by atoms with van der Waals surface area (Å²) in [4.78, 5) is 7.12. The van der Waals surface area contributed by atoms with Crippen LogP contribution in [0.1, 0.15) is 45.6 Å². The molecule has 1 aliphatic heterocycles. The van der Waals surface area contributed by atoms with Crippen LogP contribution in [0.25, 0.3) is 0 Å². The average Bonchev–Trinajstić information content (AvgIpc) is 2.88. The van der Waals surface area contributed by atoms with Crippen molar-refractivity contribution in [2.75, 3.05) is 24.5 Å². The van der Waals surface area contributed by atoms with Crippen LogP contribution < -0.4 is 10.2 Å². The molecule has 0 spiro atoms. The Labute approximate surface area is 123 Å². The van der Waals surface area contributed by atoms with Gasteiger partial charge in [-0.3, -0.25) is 0 Å². The zero-order valence-corrected chi connectivity index (χ0v) is 13.2. The van der Waals surface area contributed by atoms with Gasteiger partial charge in [0.25, 0.3) is 0 Å². The third kappa shape index (κ3) is 4.20. The highest BCUT2D eigenvalue weighted by atomic mass is 15.2. The van der Waals surface area contributed by atoms with Crippen LogP contribution in [-0.4, -0.2) is 24.6 Å². The van der Waals surface area contributed by atoms with Gasteiger partial charge >= 0.3 is 0 Å². The van der Waals surface area contributed by atoms with Crippen molar-refractivity contribution in [1.82, 2.24) is 10.3 Å². The molecule has 0 amide bonds. The molecule has 0 saturated carbocycles. The van der Waals surface area contributed by atoms with Crippen molar-refractivity contribution < 1.29 is 0 Å². The van der Waals surface area contributed by atoms with Gasteiger partial charge in [0.15, 0.2) is 0 Å². The molecule has 20 heavy (non-hydrogen) atoms. The summed E-state index contributed by atoms with van der Waals surface area (Å²) in [6.45, 7) is 11.1. The quantitative estimate of drug-likeness (QED) is 0.826. The lowest BCUT2D eigenvalue weighted by Crippen LogP contribution is -2.25. The van der Waals surface area contributed by atoms with Gasteiger partial charge in [-0.15, -0.1) is 0 Å². The molecule has 1 aromatic heterocycles. The van der Waals surface area contributed by atoms with Gasteiger partial charge in [0.1, 0.15) is 5.82 Å². The van der Waals surface area contributed by atoms with Gasteiger partial charge in [-0.2, -0.15) is 0 Å². The summed E-state index contributed by atoms with van der Waals surface area (Å²) in [5, 5.41) is 3.53. The molecule has 0 radical (unpaired) electrons. The van der Waals surface area contributed by atoms with Gasteiger partial charge in [0, 0.05) is 31.4 Å². The van der Waals surface area contributed by atoms with Gasteiger partial charge in [-0.25, -0.2) is 4.98 Å². The molecule has 3 nitrogen and oxygen atoms in total. The molecular weight excluding hydrogens is 246 g/mol. The van der Waals surface area contributed by atoms with Crippen LogP contribution in [0.15, 0.2) is 18.3 Å². The molecule has 2 rings (SSSR count). The van der Waals surface area contributed by atoms with E-state index in [2.05, 4.69) is 48.1 Å². The molecule has 3 heteroatoms. The van der Waals surface area contributed by atoms with E-state index in [1.54, 1.807) is 0 Å². The molecule has 1 unspecified atom stereocenters. The van der Waals surface area contributed by atoms with Crippen molar-refractivity contribution in [1.29, 1.82) is 0 Å². The number of hydrogen-bond donors (Lipinski definition) is 1. The Morgan fingerprint density at radius 1 is 1.45 bits per heavy atom. The second kappa shape index (κ2) is 7.63. The smallest absolute Gasteiger partial charge is 0.133 e. The lowest BCUT2D eigenvalue weighted by molar-refractivity contribution is 0.529. The molecule has 1 atom stereocenters. The van der Waals surface area contributed by atoms with E-state index < -0.39 is 0 Å². The first-order valence-electron chi connectivity index (χ1n) is 8.10. The molecule has 1 aromatic rings. The fourth-order valence-electron chi connectivity index (χ4n) is 3.02. The van der Waals surface area contributed by atoms with Gasteiger partial charge in [0.05, 0.1) is 0 Å². The van der Waals surface area contributed by atoms with E-state index in [1.165, 1.54) is 43.7 Å². The first-order chi connectivity index (χ1) is 9.70. The van der Waals surface area contributed by atoms with Gasteiger partial charge in [0.2, 0.25) is 0 Å². The van der Waals surface area contributed by atoms with Crippen LogP contribution >= 0.6 is 0 Å². The predicted octanol–water partition coefficient (Wildman–Crippen LogP) is 3.45. The van der Waals surface area contributed by atoms with Crippen molar-refractivity contribution in [3.8, 4) is 0 Å². The Morgan fingerprint density at radius 2 is 2.30 bits per heavy atom. The minimum Gasteiger partial charge on any atom is -0.356 e. The Hall–Kier alpha value is -1.09. The third-order valence-electron chi connectivity index (χ3n) is 4.02. The molecule has 2 heterocycles. The lowest BCUT2D eigenvalue weighted by atomic mass is 10.0. The van der Waals surface area contributed by atoms with Crippen molar-refractivity contribution in [2.45, 2.75) is 46.6 Å². The van der Waals surface area contributed by atoms with Crippen molar-refractivity contribution in [3.63, 3.8) is 0 Å². The topological polar surface area (TPSA) is 28.2 Å². The summed E-state index contributed by atoms with van der Waals surface area (Å²) in [6.07, 6.45) is 5.89. The molecule has 0 aliphatic carbocycles. The van der Waals surface area contributed by atoms with Crippen LogP contribution in [-0.2, 0) is 6.54 Å². The monoisotopic (exact) mass is 275 g/mol. The van der Waals surface area contributed by atoms with E-state index in [-0.39, 0.29) is 0 Å². The number of pyridine rings is 1. The Balaban J connectivity index is 1.97. The van der Waals surface area contributed by atoms with E-state index in [4.69, 9.17) is 0 Å². The summed E-state index contributed by atoms with van der Waals surface area (Å²) >= 11 is 0. The van der Waals surface area contributed by atoms with E-state index in [9.17, 15) is 0 Å². The Morgan fingerprint density at radius 3 is 3.05 bits per heavy atom. The highest BCUT2D eigenvalue weighted by Crippen LogP contribution is 2.27. The van der Waals surface area contributed by atoms with Gasteiger partial charge < -0.3 is 10.2 Å². The van der Waals surface area contributed by atoms with E-state index in [1.807, 2.05) is 6.20 Å². The minimum atomic E-state index is 0.691. The summed E-state index contributed by atoms with van der Waals surface area (Å²) in [5.74, 6) is 2.75. The molecule has 1 aliphatic rings. The van der Waals surface area contributed by atoms with Gasteiger partial charge in [-0.1, -0.05) is 33.3 Å². The van der Waals surface area contributed by atoms with E-state index in [0.717, 1.165) is 19.0 Å². The van der Waals surface area contributed by atoms with Crippen molar-refractivity contribution in [3.05, 3.63) is 23.9 Å². The Kier molecular flexibility index (Phi) is 5.84.